The highest BCUT2D eigenvalue weighted by molar-refractivity contribution is 6.43. The first-order chi connectivity index (χ1) is 12.1. The minimum absolute atomic E-state index is 0.374. The molecule has 25 heavy (non-hydrogen) atoms. The van der Waals surface area contributed by atoms with E-state index in [9.17, 15) is 0 Å². The Bertz CT molecular complexity index is 783. The van der Waals surface area contributed by atoms with Crippen LogP contribution in [-0.4, -0.2) is 29.6 Å². The van der Waals surface area contributed by atoms with E-state index in [1.807, 2.05) is 12.1 Å². The Morgan fingerprint density at radius 1 is 1.16 bits per heavy atom. The summed E-state index contributed by atoms with van der Waals surface area (Å²) < 4.78 is 0. The molecule has 0 amide bonds. The highest BCUT2D eigenvalue weighted by Crippen LogP contribution is 2.42. The number of benzene rings is 1. The number of aromatic nitrogens is 2. The number of anilines is 2. The van der Waals surface area contributed by atoms with Gasteiger partial charge in [-0.2, -0.15) is 0 Å². The van der Waals surface area contributed by atoms with Crippen molar-refractivity contribution in [1.82, 2.24) is 9.97 Å². The molecule has 2 aromatic rings. The Labute approximate surface area is 157 Å². The minimum Gasteiger partial charge on any atom is -0.382 e. The van der Waals surface area contributed by atoms with Gasteiger partial charge in [0.2, 0.25) is 0 Å². The van der Waals surface area contributed by atoms with Crippen molar-refractivity contribution in [2.45, 2.75) is 12.8 Å². The second kappa shape index (κ2) is 6.63. The number of rotatable bonds is 3. The molecular formula is C18H21Cl2N5. The lowest BCUT2D eigenvalue weighted by molar-refractivity contribution is 0.494. The zero-order valence-electron chi connectivity index (χ0n) is 13.8. The molecule has 2 fully saturated rings. The molecule has 0 bridgehead atoms. The van der Waals surface area contributed by atoms with Crippen LogP contribution in [0.25, 0.3) is 11.3 Å². The van der Waals surface area contributed by atoms with E-state index >= 15 is 0 Å². The van der Waals surface area contributed by atoms with Gasteiger partial charge < -0.3 is 16.4 Å². The van der Waals surface area contributed by atoms with Gasteiger partial charge in [0.25, 0.3) is 0 Å². The third kappa shape index (κ3) is 3.05. The number of halogens is 2. The van der Waals surface area contributed by atoms with E-state index in [1.165, 1.54) is 12.8 Å². The molecule has 1 saturated heterocycles. The number of fused-ring (bicyclic) bond motifs is 1. The van der Waals surface area contributed by atoms with E-state index in [4.69, 9.17) is 34.7 Å². The molecule has 1 unspecified atom stereocenters. The third-order valence-electron chi connectivity index (χ3n) is 5.50. The van der Waals surface area contributed by atoms with Crippen LogP contribution in [0.4, 0.5) is 11.6 Å². The molecule has 1 aliphatic heterocycles. The van der Waals surface area contributed by atoms with E-state index in [1.54, 1.807) is 12.3 Å². The first kappa shape index (κ1) is 16.9. The summed E-state index contributed by atoms with van der Waals surface area (Å²) in [6, 6.07) is 5.42. The summed E-state index contributed by atoms with van der Waals surface area (Å²) in [6.45, 7) is 2.81. The number of nitrogens with two attached hydrogens (primary N) is 2. The lowest BCUT2D eigenvalue weighted by Gasteiger charge is -2.20. The molecule has 4 N–H and O–H groups in total. The van der Waals surface area contributed by atoms with Crippen LogP contribution in [0.2, 0.25) is 10.0 Å². The molecule has 0 radical (unpaired) electrons. The van der Waals surface area contributed by atoms with Gasteiger partial charge in [-0.05, 0) is 43.2 Å². The largest absolute Gasteiger partial charge is 0.382 e. The predicted molar refractivity (Wildman–Crippen MR) is 103 cm³/mol. The number of nitrogens with zero attached hydrogens (tertiary/aromatic N) is 3. The Morgan fingerprint density at radius 2 is 1.88 bits per heavy atom. The Morgan fingerprint density at radius 3 is 2.52 bits per heavy atom. The summed E-state index contributed by atoms with van der Waals surface area (Å²) in [4.78, 5) is 11.4. The average Bonchev–Trinajstić information content (AvgIpc) is 3.16. The van der Waals surface area contributed by atoms with Crippen molar-refractivity contribution in [1.29, 1.82) is 0 Å². The average molecular weight is 378 g/mol. The zero-order valence-corrected chi connectivity index (χ0v) is 15.3. The maximum absolute atomic E-state index is 6.28. The SMILES string of the molecule is NC[C@H]1CC2CN(c3cnc(-c4cccc(Cl)c4Cl)c(N)n3)C[C@@H]2C1. The quantitative estimate of drug-likeness (QED) is 0.855. The van der Waals surface area contributed by atoms with Crippen LogP contribution in [0.3, 0.4) is 0 Å². The van der Waals surface area contributed by atoms with Crippen molar-refractivity contribution in [3.8, 4) is 11.3 Å². The van der Waals surface area contributed by atoms with Gasteiger partial charge in [-0.3, -0.25) is 0 Å². The van der Waals surface area contributed by atoms with E-state index in [-0.39, 0.29) is 0 Å². The normalized spacial score (nSPS) is 25.4. The highest BCUT2D eigenvalue weighted by Gasteiger charge is 2.40. The lowest BCUT2D eigenvalue weighted by atomic mass is 10.0. The van der Waals surface area contributed by atoms with Crippen molar-refractivity contribution < 1.29 is 0 Å². The second-order valence-corrected chi connectivity index (χ2v) is 7.85. The lowest BCUT2D eigenvalue weighted by Crippen LogP contribution is -2.24. The number of hydrogen-bond donors (Lipinski definition) is 2. The van der Waals surface area contributed by atoms with E-state index in [0.29, 0.717) is 44.9 Å². The van der Waals surface area contributed by atoms with Gasteiger partial charge in [0, 0.05) is 18.7 Å². The number of nitrogen functional groups attached to an aromatic ring is 1. The van der Waals surface area contributed by atoms with Crippen molar-refractivity contribution >= 4 is 34.8 Å². The van der Waals surface area contributed by atoms with Gasteiger partial charge in [0.1, 0.15) is 11.5 Å². The molecule has 1 aromatic carbocycles. The topological polar surface area (TPSA) is 81.1 Å². The summed E-state index contributed by atoms with van der Waals surface area (Å²) in [5.41, 5.74) is 13.3. The van der Waals surface area contributed by atoms with E-state index in [0.717, 1.165) is 25.5 Å². The standard InChI is InChI=1S/C18H21Cl2N5/c19-14-3-1-2-13(16(14)20)17-18(22)24-15(7-23-17)25-8-11-4-10(6-21)5-12(11)9-25/h1-3,7,10-12H,4-6,8-9,21H2,(H2,22,24)/t10-,11+,12?/m1/s1. The van der Waals surface area contributed by atoms with Gasteiger partial charge in [-0.15, -0.1) is 0 Å². The van der Waals surface area contributed by atoms with Gasteiger partial charge in [-0.25, -0.2) is 9.97 Å². The van der Waals surface area contributed by atoms with Crippen LogP contribution in [-0.2, 0) is 0 Å². The van der Waals surface area contributed by atoms with Gasteiger partial charge >= 0.3 is 0 Å². The Kier molecular flexibility index (Phi) is 4.48. The molecule has 5 nitrogen and oxygen atoms in total. The molecule has 7 heteroatoms. The maximum atomic E-state index is 6.28. The van der Waals surface area contributed by atoms with Crippen LogP contribution >= 0.6 is 23.2 Å². The van der Waals surface area contributed by atoms with Crippen LogP contribution in [0, 0.1) is 17.8 Å². The van der Waals surface area contributed by atoms with Crippen molar-refractivity contribution in [2.24, 2.45) is 23.5 Å². The summed E-state index contributed by atoms with van der Waals surface area (Å²) in [5.74, 6) is 3.30. The molecule has 2 aliphatic rings. The molecule has 3 atom stereocenters. The summed E-state index contributed by atoms with van der Waals surface area (Å²) >= 11 is 12.4. The monoisotopic (exact) mass is 377 g/mol. The van der Waals surface area contributed by atoms with Gasteiger partial charge in [0.05, 0.1) is 16.2 Å². The molecule has 1 aromatic heterocycles. The van der Waals surface area contributed by atoms with Crippen LogP contribution < -0.4 is 16.4 Å². The Balaban J connectivity index is 1.56. The second-order valence-electron chi connectivity index (χ2n) is 7.06. The molecule has 132 valence electrons. The Hall–Kier alpha value is -1.56. The molecule has 4 rings (SSSR count). The summed E-state index contributed by atoms with van der Waals surface area (Å²) in [6.07, 6.45) is 4.22. The van der Waals surface area contributed by atoms with Crippen molar-refractivity contribution in [3.05, 3.63) is 34.4 Å². The summed E-state index contributed by atoms with van der Waals surface area (Å²) in [7, 11) is 0. The fourth-order valence-electron chi connectivity index (χ4n) is 4.25. The maximum Gasteiger partial charge on any atom is 0.152 e. The van der Waals surface area contributed by atoms with Crippen LogP contribution in [0.15, 0.2) is 24.4 Å². The smallest absolute Gasteiger partial charge is 0.152 e. The van der Waals surface area contributed by atoms with Crippen LogP contribution in [0.1, 0.15) is 12.8 Å². The fraction of sp³-hybridized carbons (Fsp3) is 0.444. The molecule has 0 spiro atoms. The third-order valence-corrected chi connectivity index (χ3v) is 6.32. The van der Waals surface area contributed by atoms with E-state index < -0.39 is 0 Å². The molecular weight excluding hydrogens is 357 g/mol. The first-order valence-electron chi connectivity index (χ1n) is 8.58. The van der Waals surface area contributed by atoms with E-state index in [2.05, 4.69) is 14.9 Å². The fourth-order valence-corrected chi connectivity index (χ4v) is 4.64. The molecule has 1 saturated carbocycles. The van der Waals surface area contributed by atoms with Crippen LogP contribution in [0.5, 0.6) is 0 Å². The number of hydrogen-bond acceptors (Lipinski definition) is 5. The van der Waals surface area contributed by atoms with Crippen molar-refractivity contribution in [3.63, 3.8) is 0 Å². The summed E-state index contributed by atoms with van der Waals surface area (Å²) in [5, 5.41) is 0.924. The van der Waals surface area contributed by atoms with Crippen molar-refractivity contribution in [2.75, 3.05) is 30.3 Å². The first-order valence-corrected chi connectivity index (χ1v) is 9.34. The van der Waals surface area contributed by atoms with Gasteiger partial charge in [0.15, 0.2) is 5.82 Å². The predicted octanol–water partition coefficient (Wildman–Crippen LogP) is 3.45. The van der Waals surface area contributed by atoms with Gasteiger partial charge in [-0.1, -0.05) is 35.3 Å². The highest BCUT2D eigenvalue weighted by atomic mass is 35.5. The molecule has 2 heterocycles. The zero-order chi connectivity index (χ0) is 17.6. The molecule has 1 aliphatic carbocycles. The minimum atomic E-state index is 0.374.